The van der Waals surface area contributed by atoms with Crippen molar-refractivity contribution in [3.63, 3.8) is 0 Å². The zero-order chi connectivity index (χ0) is 10.8. The van der Waals surface area contributed by atoms with Gasteiger partial charge >= 0.3 is 0 Å². The van der Waals surface area contributed by atoms with Gasteiger partial charge in [0, 0.05) is 30.4 Å². The number of nitrogens with zero attached hydrogens (tertiary/aromatic N) is 1. The average molecular weight is 206 g/mol. The van der Waals surface area contributed by atoms with E-state index in [1.54, 1.807) is 0 Å². The maximum absolute atomic E-state index is 3.39. The summed E-state index contributed by atoms with van der Waals surface area (Å²) in [7, 11) is 0. The van der Waals surface area contributed by atoms with Crippen LogP contribution in [0, 0.1) is 0 Å². The Morgan fingerprint density at radius 3 is 2.93 bits per heavy atom. The number of aromatic nitrogens is 1. The van der Waals surface area contributed by atoms with Gasteiger partial charge in [0.2, 0.25) is 0 Å². The van der Waals surface area contributed by atoms with Crippen LogP contribution in [-0.2, 0) is 6.42 Å². The zero-order valence-electron chi connectivity index (χ0n) is 10.1. The molecule has 2 heteroatoms. The highest BCUT2D eigenvalue weighted by molar-refractivity contribution is 5.28. The second-order valence-corrected chi connectivity index (χ2v) is 4.60. The lowest BCUT2D eigenvalue weighted by Gasteiger charge is -2.40. The van der Waals surface area contributed by atoms with Gasteiger partial charge in [0.25, 0.3) is 0 Å². The number of fused-ring (bicyclic) bond motifs is 1. The predicted molar refractivity (Wildman–Crippen MR) is 64.0 cm³/mol. The fraction of sp³-hybridized carbons (Fsp3) is 0.692. The van der Waals surface area contributed by atoms with Crippen molar-refractivity contribution in [3.05, 3.63) is 23.5 Å². The van der Waals surface area contributed by atoms with Gasteiger partial charge < -0.3 is 4.98 Å². The highest BCUT2D eigenvalue weighted by Crippen LogP contribution is 2.35. The minimum Gasteiger partial charge on any atom is -0.365 e. The van der Waals surface area contributed by atoms with Crippen molar-refractivity contribution in [2.24, 2.45) is 0 Å². The second kappa shape index (κ2) is 4.40. The molecule has 0 aliphatic carbocycles. The fourth-order valence-corrected chi connectivity index (χ4v) is 2.93. The molecule has 15 heavy (non-hydrogen) atoms. The van der Waals surface area contributed by atoms with Crippen LogP contribution >= 0.6 is 0 Å². The van der Waals surface area contributed by atoms with Gasteiger partial charge in [-0.3, -0.25) is 4.90 Å². The van der Waals surface area contributed by atoms with Crippen LogP contribution in [0.1, 0.15) is 50.9 Å². The van der Waals surface area contributed by atoms with Gasteiger partial charge in [-0.05, 0) is 31.5 Å². The molecule has 1 aliphatic heterocycles. The molecule has 1 aliphatic rings. The van der Waals surface area contributed by atoms with E-state index in [4.69, 9.17) is 0 Å². The molecule has 0 unspecified atom stereocenters. The van der Waals surface area contributed by atoms with E-state index in [9.17, 15) is 0 Å². The Balaban J connectivity index is 2.30. The number of likely N-dealkylation sites (N-methyl/N-ethyl adjacent to an activating group) is 1. The quantitative estimate of drug-likeness (QED) is 0.805. The van der Waals surface area contributed by atoms with Crippen molar-refractivity contribution in [2.75, 3.05) is 6.54 Å². The van der Waals surface area contributed by atoms with E-state index >= 15 is 0 Å². The standard InChI is InChI=1S/C13H22N2/c1-4-6-13-11-7-8-14-12(11)9-10(3)15(13)5-2/h7-8,10,13-14H,4-6,9H2,1-3H3/t10-,13-/m0/s1. The maximum Gasteiger partial charge on any atom is 0.0368 e. The van der Waals surface area contributed by atoms with E-state index < -0.39 is 0 Å². The molecule has 0 saturated carbocycles. The lowest BCUT2D eigenvalue weighted by molar-refractivity contribution is 0.127. The summed E-state index contributed by atoms with van der Waals surface area (Å²) in [6, 6.07) is 3.59. The van der Waals surface area contributed by atoms with Crippen LogP contribution in [0.3, 0.4) is 0 Å². The third kappa shape index (κ3) is 1.83. The van der Waals surface area contributed by atoms with Gasteiger partial charge in [-0.25, -0.2) is 0 Å². The van der Waals surface area contributed by atoms with Crippen LogP contribution in [-0.4, -0.2) is 22.5 Å². The van der Waals surface area contributed by atoms with E-state index in [0.29, 0.717) is 12.1 Å². The Kier molecular flexibility index (Phi) is 3.15. The van der Waals surface area contributed by atoms with Gasteiger partial charge in [-0.1, -0.05) is 20.3 Å². The molecule has 0 bridgehead atoms. The van der Waals surface area contributed by atoms with Gasteiger partial charge in [0.1, 0.15) is 0 Å². The molecule has 0 radical (unpaired) electrons. The summed E-state index contributed by atoms with van der Waals surface area (Å²) in [5.74, 6) is 0. The van der Waals surface area contributed by atoms with Gasteiger partial charge in [0.15, 0.2) is 0 Å². The molecule has 2 rings (SSSR count). The molecule has 0 saturated heterocycles. The van der Waals surface area contributed by atoms with Crippen LogP contribution in [0.4, 0.5) is 0 Å². The summed E-state index contributed by atoms with van der Waals surface area (Å²) in [5, 5.41) is 0. The maximum atomic E-state index is 3.39. The molecule has 2 heterocycles. The normalized spacial score (nSPS) is 26.6. The van der Waals surface area contributed by atoms with E-state index in [2.05, 4.69) is 42.9 Å². The summed E-state index contributed by atoms with van der Waals surface area (Å²) in [5.41, 5.74) is 3.00. The number of hydrogen-bond acceptors (Lipinski definition) is 1. The minimum atomic E-state index is 0.644. The number of aromatic amines is 1. The third-order valence-corrected chi connectivity index (χ3v) is 3.62. The van der Waals surface area contributed by atoms with Crippen molar-refractivity contribution < 1.29 is 0 Å². The molecule has 1 aromatic rings. The van der Waals surface area contributed by atoms with Crippen LogP contribution in [0.25, 0.3) is 0 Å². The number of rotatable bonds is 3. The molecular formula is C13H22N2. The molecule has 0 fully saturated rings. The Morgan fingerprint density at radius 2 is 2.27 bits per heavy atom. The molecule has 0 spiro atoms. The van der Waals surface area contributed by atoms with Crippen molar-refractivity contribution >= 4 is 0 Å². The molecule has 1 aromatic heterocycles. The first-order valence-corrected chi connectivity index (χ1v) is 6.19. The molecule has 84 valence electrons. The lowest BCUT2D eigenvalue weighted by Crippen LogP contribution is -2.41. The third-order valence-electron chi connectivity index (χ3n) is 3.62. The van der Waals surface area contributed by atoms with Crippen molar-refractivity contribution in [1.82, 2.24) is 9.88 Å². The van der Waals surface area contributed by atoms with Crippen LogP contribution in [0.2, 0.25) is 0 Å². The van der Waals surface area contributed by atoms with E-state index in [0.717, 1.165) is 6.54 Å². The Bertz CT molecular complexity index is 316. The van der Waals surface area contributed by atoms with E-state index in [-0.39, 0.29) is 0 Å². The first kappa shape index (κ1) is 10.7. The Hall–Kier alpha value is -0.760. The van der Waals surface area contributed by atoms with E-state index in [1.807, 2.05) is 0 Å². The number of nitrogens with one attached hydrogen (secondary N) is 1. The highest BCUT2D eigenvalue weighted by atomic mass is 15.2. The van der Waals surface area contributed by atoms with Crippen molar-refractivity contribution in [3.8, 4) is 0 Å². The smallest absolute Gasteiger partial charge is 0.0368 e. The van der Waals surface area contributed by atoms with Crippen molar-refractivity contribution in [2.45, 2.75) is 52.1 Å². The van der Waals surface area contributed by atoms with Crippen LogP contribution < -0.4 is 0 Å². The molecule has 0 aromatic carbocycles. The Labute approximate surface area is 92.7 Å². The summed E-state index contributed by atoms with van der Waals surface area (Å²) in [6.45, 7) is 8.06. The highest BCUT2D eigenvalue weighted by Gasteiger charge is 2.30. The van der Waals surface area contributed by atoms with Gasteiger partial charge in [-0.15, -0.1) is 0 Å². The molecule has 0 amide bonds. The first-order chi connectivity index (χ1) is 7.27. The minimum absolute atomic E-state index is 0.644. The molecule has 1 N–H and O–H groups in total. The summed E-state index contributed by atoms with van der Waals surface area (Å²) in [4.78, 5) is 6.03. The molecule has 2 nitrogen and oxygen atoms in total. The Morgan fingerprint density at radius 1 is 1.47 bits per heavy atom. The van der Waals surface area contributed by atoms with E-state index in [1.165, 1.54) is 30.5 Å². The monoisotopic (exact) mass is 206 g/mol. The topological polar surface area (TPSA) is 19.0 Å². The molecular weight excluding hydrogens is 184 g/mol. The van der Waals surface area contributed by atoms with Gasteiger partial charge in [0.05, 0.1) is 0 Å². The molecule has 2 atom stereocenters. The zero-order valence-corrected chi connectivity index (χ0v) is 10.1. The number of hydrogen-bond donors (Lipinski definition) is 1. The number of H-pyrrole nitrogens is 1. The summed E-state index contributed by atoms with van der Waals surface area (Å²) in [6.07, 6.45) is 5.82. The fourth-order valence-electron chi connectivity index (χ4n) is 2.93. The first-order valence-electron chi connectivity index (χ1n) is 6.19. The second-order valence-electron chi connectivity index (χ2n) is 4.60. The lowest BCUT2D eigenvalue weighted by atomic mass is 9.91. The van der Waals surface area contributed by atoms with Crippen LogP contribution in [0.15, 0.2) is 12.3 Å². The van der Waals surface area contributed by atoms with Crippen molar-refractivity contribution in [1.29, 1.82) is 0 Å². The largest absolute Gasteiger partial charge is 0.365 e. The van der Waals surface area contributed by atoms with Gasteiger partial charge in [-0.2, -0.15) is 0 Å². The average Bonchev–Trinajstić information content (AvgIpc) is 2.66. The summed E-state index contributed by atoms with van der Waals surface area (Å²) < 4.78 is 0. The SMILES string of the molecule is CCC[C@H]1c2cc[nH]c2C[C@H](C)N1CC. The van der Waals surface area contributed by atoms with Crippen LogP contribution in [0.5, 0.6) is 0 Å². The predicted octanol–water partition coefficient (Wildman–Crippen LogP) is 3.12. The summed E-state index contributed by atoms with van der Waals surface area (Å²) >= 11 is 0.